The molecule has 7 aliphatic heterocycles. The van der Waals surface area contributed by atoms with Gasteiger partial charge in [-0.05, 0) is 6.92 Å². The Morgan fingerprint density at radius 3 is 1.13 bits per heavy atom. The summed E-state index contributed by atoms with van der Waals surface area (Å²) in [6.07, 6.45) is -57.5. The fourth-order valence-electron chi connectivity index (χ4n) is 11.3. The Morgan fingerprint density at radius 1 is 0.315 bits per heavy atom. The molecular formula is C50H84N4O35. The Hall–Kier alpha value is -3.36. The van der Waals surface area contributed by atoms with Crippen LogP contribution >= 0.6 is 0 Å². The van der Waals surface area contributed by atoms with Crippen LogP contribution in [-0.2, 0) is 80.8 Å². The molecule has 0 aromatic rings. The van der Waals surface area contributed by atoms with Gasteiger partial charge in [-0.3, -0.25) is 19.2 Å². The molecule has 0 bridgehead atoms. The summed E-state index contributed by atoms with van der Waals surface area (Å²) >= 11 is 0. The van der Waals surface area contributed by atoms with E-state index in [-0.39, 0.29) is 0 Å². The van der Waals surface area contributed by atoms with Crippen molar-refractivity contribution in [3.63, 3.8) is 0 Å². The molecular weight excluding hydrogens is 1220 g/mol. The van der Waals surface area contributed by atoms with Crippen LogP contribution in [0.4, 0.5) is 0 Å². The monoisotopic (exact) mass is 1300 g/mol. The number of aliphatic hydroxyl groups is 18. The van der Waals surface area contributed by atoms with Gasteiger partial charge in [-0.15, -0.1) is 0 Å². The van der Waals surface area contributed by atoms with Crippen molar-refractivity contribution in [1.29, 1.82) is 0 Å². The summed E-state index contributed by atoms with van der Waals surface area (Å²) in [5.74, 6) is -3.21. The first-order valence-corrected chi connectivity index (χ1v) is 28.4. The van der Waals surface area contributed by atoms with Crippen LogP contribution in [0, 0.1) is 0 Å². The zero-order chi connectivity index (χ0) is 65.8. The van der Waals surface area contributed by atoms with E-state index >= 15 is 0 Å². The molecule has 35 atom stereocenters. The number of nitrogens with one attached hydrogen (secondary N) is 4. The van der Waals surface area contributed by atoms with Crippen LogP contribution in [0.25, 0.3) is 0 Å². The van der Waals surface area contributed by atoms with E-state index in [2.05, 4.69) is 21.3 Å². The van der Waals surface area contributed by atoms with Crippen molar-refractivity contribution in [3.8, 4) is 0 Å². The molecule has 22 N–H and O–H groups in total. The average Bonchev–Trinajstić information content (AvgIpc) is 1.41. The largest absolute Gasteiger partial charge is 0.394 e. The van der Waals surface area contributed by atoms with Crippen molar-refractivity contribution in [1.82, 2.24) is 21.3 Å². The lowest BCUT2D eigenvalue weighted by molar-refractivity contribution is -0.377. The number of carbonyl (C=O) groups excluding carboxylic acids is 4. The highest BCUT2D eigenvalue weighted by atomic mass is 16.8. The summed E-state index contributed by atoms with van der Waals surface area (Å²) in [7, 11) is 0. The van der Waals surface area contributed by atoms with E-state index < -0.39 is 278 Å². The first-order chi connectivity index (χ1) is 42.0. The Kier molecular flexibility index (Phi) is 26.0. The number of amides is 4. The van der Waals surface area contributed by atoms with Crippen LogP contribution in [-0.4, -0.2) is 370 Å². The van der Waals surface area contributed by atoms with Crippen LogP contribution in [0.3, 0.4) is 0 Å². The minimum Gasteiger partial charge on any atom is -0.394 e. The third kappa shape index (κ3) is 16.6. The summed E-state index contributed by atoms with van der Waals surface area (Å²) in [4.78, 5) is 49.7. The molecule has 4 amide bonds. The lowest BCUT2D eigenvalue weighted by Crippen LogP contribution is -2.70. The first-order valence-electron chi connectivity index (χ1n) is 28.4. The molecule has 7 saturated heterocycles. The van der Waals surface area contributed by atoms with Gasteiger partial charge >= 0.3 is 0 Å². The van der Waals surface area contributed by atoms with Gasteiger partial charge in [0.05, 0.1) is 45.7 Å². The van der Waals surface area contributed by atoms with Gasteiger partial charge in [-0.1, -0.05) is 0 Å². The van der Waals surface area contributed by atoms with Crippen molar-refractivity contribution >= 4 is 23.6 Å². The predicted octanol–water partition coefficient (Wildman–Crippen LogP) is -14.7. The van der Waals surface area contributed by atoms with Crippen LogP contribution in [0.5, 0.6) is 0 Å². The number of rotatable bonds is 22. The second kappa shape index (κ2) is 31.7. The fraction of sp³-hybridized carbons (Fsp3) is 0.920. The summed E-state index contributed by atoms with van der Waals surface area (Å²) < 4.78 is 75.9. The summed E-state index contributed by atoms with van der Waals surface area (Å²) in [5, 5.41) is 206. The Morgan fingerprint density at radius 2 is 0.652 bits per heavy atom. The maximum absolute atomic E-state index is 12.8. The van der Waals surface area contributed by atoms with Crippen molar-refractivity contribution in [2.75, 3.05) is 39.6 Å². The maximum Gasteiger partial charge on any atom is 0.217 e. The normalized spacial score (nSPS) is 48.0. The predicted molar refractivity (Wildman–Crippen MR) is 277 cm³/mol. The highest BCUT2D eigenvalue weighted by Gasteiger charge is 2.58. The summed E-state index contributed by atoms with van der Waals surface area (Å²) in [5.41, 5.74) is 0. The molecule has 7 aliphatic rings. The van der Waals surface area contributed by atoms with E-state index in [4.69, 9.17) is 61.6 Å². The van der Waals surface area contributed by atoms with Crippen molar-refractivity contribution in [3.05, 3.63) is 0 Å². The number of carbonyl (C=O) groups is 4. The van der Waals surface area contributed by atoms with E-state index in [1.165, 1.54) is 6.92 Å². The molecule has 0 radical (unpaired) electrons. The molecule has 0 aliphatic carbocycles. The van der Waals surface area contributed by atoms with Crippen molar-refractivity contribution < 1.29 is 173 Å². The number of hydrogen-bond donors (Lipinski definition) is 22. The number of ether oxygens (including phenoxy) is 13. The third-order valence-corrected chi connectivity index (χ3v) is 16.1. The SMILES string of the molecule is CC(=O)N[C@@H]1[C@@H](O)[C@H](O[C@@H]2O[C@H](CO)[C@@H](O[C@@H]3O[C@H](CO[C@H]4O[C@H](CO)[C@@H](O)[C@H](O)[C@@H]4O[C@@H]4O[C@H](CO)[C@@H](O[C@@H]5O[C@H](CO)[C@@H](O)[C@H](O)[C@H]5NC(C)=O)[C@H](O)[C@H]4NC(C)=O)[C@@H](O)[C@H](O)[C@@H]3O)[C@H](O)[C@H]2NC(C)=O)[C@@H](CO[C@@H]2O[C@@H](C)[C@@H](O)[C@@H](O)[C@@H]2O)O[C@H]1O. The molecule has 7 heterocycles. The molecule has 89 heavy (non-hydrogen) atoms. The smallest absolute Gasteiger partial charge is 0.217 e. The lowest BCUT2D eigenvalue weighted by atomic mass is 9.94. The number of aliphatic hydroxyl groups excluding tert-OH is 18. The highest BCUT2D eigenvalue weighted by Crippen LogP contribution is 2.37. The Balaban J connectivity index is 1.08. The first kappa shape index (κ1) is 73.1. The van der Waals surface area contributed by atoms with Crippen LogP contribution < -0.4 is 21.3 Å². The van der Waals surface area contributed by atoms with Crippen molar-refractivity contribution in [2.24, 2.45) is 0 Å². The van der Waals surface area contributed by atoms with E-state index in [1.54, 1.807) is 0 Å². The molecule has 7 rings (SSSR count). The maximum atomic E-state index is 12.8. The molecule has 0 spiro atoms. The second-order valence-electron chi connectivity index (χ2n) is 22.6. The topological polar surface area (TPSA) is 601 Å². The van der Waals surface area contributed by atoms with E-state index in [0.717, 1.165) is 27.7 Å². The minimum absolute atomic E-state index is 0.741. The molecule has 514 valence electrons. The lowest BCUT2D eigenvalue weighted by Gasteiger charge is -2.50. The van der Waals surface area contributed by atoms with Gasteiger partial charge in [0.1, 0.15) is 165 Å². The average molecular weight is 1300 g/mol. The van der Waals surface area contributed by atoms with Gasteiger partial charge in [-0.25, -0.2) is 0 Å². The highest BCUT2D eigenvalue weighted by molar-refractivity contribution is 5.74. The molecule has 0 saturated carbocycles. The molecule has 0 aromatic heterocycles. The molecule has 39 nitrogen and oxygen atoms in total. The van der Waals surface area contributed by atoms with Gasteiger partial charge in [0.25, 0.3) is 0 Å². The Labute approximate surface area is 505 Å². The summed E-state index contributed by atoms with van der Waals surface area (Å²) in [6, 6.07) is -6.76. The van der Waals surface area contributed by atoms with Gasteiger partial charge in [-0.2, -0.15) is 0 Å². The third-order valence-electron chi connectivity index (χ3n) is 16.1. The number of hydrogen-bond acceptors (Lipinski definition) is 35. The minimum atomic E-state index is -2.22. The quantitative estimate of drug-likeness (QED) is 0.0479. The zero-order valence-electron chi connectivity index (χ0n) is 48.4. The van der Waals surface area contributed by atoms with E-state index in [9.17, 15) is 111 Å². The van der Waals surface area contributed by atoms with E-state index in [1.807, 2.05) is 0 Å². The standard InChI is InChI=1S/C50H84N4O35/c1-12-27(63)35(71)38(74)48(79-12)77-11-22-42(32(68)23(44(76)80-22)51-13(2)59)87-46-25(53-15(4)61)34(70)41(20(9-58)83-46)88-49-39(75)36(72)30(66)21(85-49)10-78-50-43(37(73)29(65)18(7-56)82-50)89-47-26(54-16(5)62)33(69)40(19(8-57)84-47)86-45-24(52-14(3)60)31(67)28(64)17(6-55)81-45/h12,17-50,55-58,63-76H,6-11H2,1-5H3,(H,51,59)(H,52,60)(H,53,61)(H,54,62)/t12-,17+,18+,19+,20+,21+,22+,23+,24+,25+,26+,27+,28+,29+,30+,31+,32+,33+,34+,35+,36-,37-,38-,39-,40+,41+,42+,43-,44+,45-,46-,47-,48+,49-,50-/m0/s1. The van der Waals surface area contributed by atoms with Crippen LogP contribution in [0.15, 0.2) is 0 Å². The van der Waals surface area contributed by atoms with Crippen molar-refractivity contribution in [2.45, 2.75) is 249 Å². The van der Waals surface area contributed by atoms with Crippen LogP contribution in [0.2, 0.25) is 0 Å². The van der Waals surface area contributed by atoms with E-state index in [0.29, 0.717) is 0 Å². The van der Waals surface area contributed by atoms with Gasteiger partial charge in [0.2, 0.25) is 23.6 Å². The molecule has 7 fully saturated rings. The van der Waals surface area contributed by atoms with Gasteiger partial charge in [0.15, 0.2) is 44.0 Å². The Bertz CT molecular complexity index is 2290. The molecule has 0 aromatic carbocycles. The fourth-order valence-corrected chi connectivity index (χ4v) is 11.3. The van der Waals surface area contributed by atoms with Gasteiger partial charge < -0.3 is 175 Å². The zero-order valence-corrected chi connectivity index (χ0v) is 48.4. The molecule has 39 heteroatoms. The summed E-state index contributed by atoms with van der Waals surface area (Å²) in [6.45, 7) is -0.171. The second-order valence-corrected chi connectivity index (χ2v) is 22.6. The van der Waals surface area contributed by atoms with Crippen LogP contribution in [0.1, 0.15) is 34.6 Å². The molecule has 0 unspecified atom stereocenters. The van der Waals surface area contributed by atoms with Gasteiger partial charge in [0, 0.05) is 27.7 Å².